The van der Waals surface area contributed by atoms with E-state index < -0.39 is 8.25 Å². The fourth-order valence-electron chi connectivity index (χ4n) is 1.48. The van der Waals surface area contributed by atoms with E-state index in [2.05, 4.69) is 23.7 Å². The first-order chi connectivity index (χ1) is 11.4. The second-order valence-electron chi connectivity index (χ2n) is 5.33. The molecule has 0 spiro atoms. The average molecular weight is 353 g/mol. The fraction of sp³-hybridized carbons (Fsp3) is 0.667. The van der Waals surface area contributed by atoms with E-state index in [1.54, 1.807) is 13.8 Å². The number of hydrogen-bond donors (Lipinski definition) is 0. The van der Waals surface area contributed by atoms with E-state index in [0.717, 1.165) is 12.8 Å². The van der Waals surface area contributed by atoms with Crippen molar-refractivity contribution in [3.8, 4) is 23.7 Å². The topological polar surface area (TPSA) is 69.7 Å². The molecule has 2 atom stereocenters. The van der Waals surface area contributed by atoms with Crippen molar-refractivity contribution in [2.24, 2.45) is 11.8 Å². The summed E-state index contributed by atoms with van der Waals surface area (Å²) in [7, 11) is -2.49. The minimum atomic E-state index is -2.49. The van der Waals surface area contributed by atoms with Crippen LogP contribution >= 0.6 is 8.25 Å². The summed E-state index contributed by atoms with van der Waals surface area (Å²) < 4.78 is 21.3. The lowest BCUT2D eigenvalue weighted by Crippen LogP contribution is -2.17. The van der Waals surface area contributed by atoms with Crippen molar-refractivity contribution in [1.82, 2.24) is 0 Å². The third-order valence-corrected chi connectivity index (χ3v) is 3.82. The standard InChI is InChI=1S/C18H26O5P/c1-5-7-9-11-15(3)17(19)13-22-24(21)23-14-18(20)16(4)12-10-8-6-2/h15-16H,5-6,11-14H2,1-4H3/q+1. The zero-order valence-corrected chi connectivity index (χ0v) is 15.8. The number of ketones is 2. The van der Waals surface area contributed by atoms with Gasteiger partial charge >= 0.3 is 8.25 Å². The molecule has 0 N–H and O–H groups in total. The molecule has 0 saturated carbocycles. The van der Waals surface area contributed by atoms with E-state index in [0.29, 0.717) is 12.8 Å². The van der Waals surface area contributed by atoms with E-state index in [9.17, 15) is 14.2 Å². The van der Waals surface area contributed by atoms with Gasteiger partial charge in [0.1, 0.15) is 0 Å². The molecule has 0 aromatic carbocycles. The van der Waals surface area contributed by atoms with Gasteiger partial charge in [-0.25, -0.2) is 0 Å². The Balaban J connectivity index is 4.05. The van der Waals surface area contributed by atoms with Crippen molar-refractivity contribution < 1.29 is 23.2 Å². The van der Waals surface area contributed by atoms with Gasteiger partial charge in [0, 0.05) is 42.1 Å². The molecule has 0 radical (unpaired) electrons. The van der Waals surface area contributed by atoms with Crippen molar-refractivity contribution in [2.75, 3.05) is 13.2 Å². The first-order valence-corrected chi connectivity index (χ1v) is 9.21. The maximum absolute atomic E-state index is 11.8. The molecule has 0 aromatic rings. The van der Waals surface area contributed by atoms with Crippen LogP contribution < -0.4 is 0 Å². The van der Waals surface area contributed by atoms with E-state index in [4.69, 9.17) is 9.05 Å². The predicted octanol–water partition coefficient (Wildman–Crippen LogP) is 3.69. The summed E-state index contributed by atoms with van der Waals surface area (Å²) in [5.41, 5.74) is 0. The van der Waals surface area contributed by atoms with Crippen LogP contribution in [0.1, 0.15) is 53.4 Å². The number of Topliss-reactive ketones (excluding diaryl/α,β-unsaturated/α-hetero) is 2. The molecule has 0 saturated heterocycles. The smallest absolute Gasteiger partial charge is 0.297 e. The molecule has 0 rings (SSSR count). The number of carbonyl (C=O) groups excluding carboxylic acids is 2. The van der Waals surface area contributed by atoms with Gasteiger partial charge in [0.25, 0.3) is 0 Å². The molecule has 5 nitrogen and oxygen atoms in total. The maximum atomic E-state index is 11.8. The van der Waals surface area contributed by atoms with Gasteiger partial charge in [-0.15, -0.1) is 32.7 Å². The van der Waals surface area contributed by atoms with E-state index >= 15 is 0 Å². The monoisotopic (exact) mass is 353 g/mol. The normalized spacial score (nSPS) is 12.9. The minimum Gasteiger partial charge on any atom is -0.297 e. The van der Waals surface area contributed by atoms with Crippen LogP contribution in [0.2, 0.25) is 0 Å². The Bertz CT molecular complexity index is 499. The van der Waals surface area contributed by atoms with Crippen molar-refractivity contribution in [3.63, 3.8) is 0 Å². The van der Waals surface area contributed by atoms with E-state index in [1.165, 1.54) is 0 Å². The Morgan fingerprint density at radius 2 is 1.21 bits per heavy atom. The van der Waals surface area contributed by atoms with Gasteiger partial charge in [0.05, 0.1) is 0 Å². The predicted molar refractivity (Wildman–Crippen MR) is 93.2 cm³/mol. The van der Waals surface area contributed by atoms with Gasteiger partial charge in [0.2, 0.25) is 0 Å². The van der Waals surface area contributed by atoms with Crippen molar-refractivity contribution in [2.45, 2.75) is 53.4 Å². The largest absolute Gasteiger partial charge is 0.698 e. The fourth-order valence-corrected chi connectivity index (χ4v) is 2.02. The third kappa shape index (κ3) is 11.1. The van der Waals surface area contributed by atoms with Crippen molar-refractivity contribution in [1.29, 1.82) is 0 Å². The van der Waals surface area contributed by atoms with Crippen LogP contribution in [-0.2, 0) is 23.2 Å². The summed E-state index contributed by atoms with van der Waals surface area (Å²) in [5, 5.41) is 0. The summed E-state index contributed by atoms with van der Waals surface area (Å²) in [6.07, 6.45) is 2.38. The summed E-state index contributed by atoms with van der Waals surface area (Å²) in [4.78, 5) is 23.6. The Labute approximate surface area is 145 Å². The molecular formula is C18H26O5P+. The summed E-state index contributed by atoms with van der Waals surface area (Å²) >= 11 is 0. The molecule has 0 heterocycles. The first kappa shape index (κ1) is 22.5. The molecule has 0 bridgehead atoms. The number of rotatable bonds is 10. The van der Waals surface area contributed by atoms with Gasteiger partial charge in [-0.1, -0.05) is 27.7 Å². The third-order valence-electron chi connectivity index (χ3n) is 3.14. The van der Waals surface area contributed by atoms with Crippen LogP contribution in [0.5, 0.6) is 0 Å². The van der Waals surface area contributed by atoms with Crippen LogP contribution in [0.3, 0.4) is 0 Å². The Kier molecular flexibility index (Phi) is 13.0. The van der Waals surface area contributed by atoms with Crippen LogP contribution in [0.4, 0.5) is 0 Å². The highest BCUT2D eigenvalue weighted by atomic mass is 31.1. The quantitative estimate of drug-likeness (QED) is 0.442. The molecule has 24 heavy (non-hydrogen) atoms. The van der Waals surface area contributed by atoms with Crippen molar-refractivity contribution in [3.05, 3.63) is 0 Å². The van der Waals surface area contributed by atoms with Gasteiger partial charge in [-0.3, -0.25) is 9.59 Å². The molecule has 0 aliphatic rings. The summed E-state index contributed by atoms with van der Waals surface area (Å²) in [6, 6.07) is 0. The second kappa shape index (κ2) is 13.9. The summed E-state index contributed by atoms with van der Waals surface area (Å²) in [5.74, 6) is 10.6. The molecule has 0 fully saturated rings. The van der Waals surface area contributed by atoms with Crippen LogP contribution in [0, 0.1) is 35.5 Å². The second-order valence-corrected chi connectivity index (χ2v) is 6.29. The van der Waals surface area contributed by atoms with E-state index in [1.807, 2.05) is 13.8 Å². The van der Waals surface area contributed by atoms with Gasteiger partial charge in [-0.05, 0) is 0 Å². The molecule has 132 valence electrons. The maximum Gasteiger partial charge on any atom is 0.698 e. The summed E-state index contributed by atoms with van der Waals surface area (Å²) in [6.45, 7) is 6.73. The SMILES string of the molecule is CCC#CCC(C)C(=O)CO[P+](=O)OCC(=O)C(C)CC#CCC. The Hall–Kier alpha value is -1.52. The van der Waals surface area contributed by atoms with Crippen LogP contribution in [0.15, 0.2) is 0 Å². The highest BCUT2D eigenvalue weighted by Crippen LogP contribution is 2.24. The lowest BCUT2D eigenvalue weighted by atomic mass is 10.0. The molecular weight excluding hydrogens is 327 g/mol. The highest BCUT2D eigenvalue weighted by Gasteiger charge is 2.26. The number of hydrogen-bond acceptors (Lipinski definition) is 5. The molecule has 0 aliphatic heterocycles. The molecule has 0 aromatic heterocycles. The molecule has 0 aliphatic carbocycles. The Morgan fingerprint density at radius 3 is 1.54 bits per heavy atom. The molecule has 2 unspecified atom stereocenters. The van der Waals surface area contributed by atoms with E-state index in [-0.39, 0.29) is 36.6 Å². The highest BCUT2D eigenvalue weighted by molar-refractivity contribution is 7.33. The number of carbonyl (C=O) groups is 2. The zero-order chi connectivity index (χ0) is 18.4. The molecule has 6 heteroatoms. The lowest BCUT2D eigenvalue weighted by molar-refractivity contribution is -0.124. The first-order valence-electron chi connectivity index (χ1n) is 8.12. The van der Waals surface area contributed by atoms with Gasteiger partial charge in [-0.2, -0.15) is 0 Å². The van der Waals surface area contributed by atoms with Gasteiger partial charge < -0.3 is 0 Å². The Morgan fingerprint density at radius 1 is 0.833 bits per heavy atom. The lowest BCUT2D eigenvalue weighted by Gasteiger charge is -2.03. The minimum absolute atomic E-state index is 0.193. The van der Waals surface area contributed by atoms with Crippen LogP contribution in [-0.4, -0.2) is 24.8 Å². The average Bonchev–Trinajstić information content (AvgIpc) is 2.57. The zero-order valence-electron chi connectivity index (χ0n) is 14.9. The van der Waals surface area contributed by atoms with Crippen LogP contribution in [0.25, 0.3) is 0 Å². The molecule has 0 amide bonds. The van der Waals surface area contributed by atoms with Crippen molar-refractivity contribution >= 4 is 19.8 Å². The van der Waals surface area contributed by atoms with Gasteiger partial charge in [0.15, 0.2) is 24.8 Å².